The van der Waals surface area contributed by atoms with E-state index in [-0.39, 0.29) is 35.3 Å². The zero-order valence-corrected chi connectivity index (χ0v) is 31.5. The quantitative estimate of drug-likeness (QED) is 0.157. The smallest absolute Gasteiger partial charge is 0.418 e. The Labute approximate surface area is 283 Å². The Morgan fingerprint density at radius 2 is 0.773 bits per heavy atom. The van der Waals surface area contributed by atoms with Crippen LogP contribution in [0.15, 0.2) is 36.4 Å². The summed E-state index contributed by atoms with van der Waals surface area (Å²) in [4.78, 5) is 0. The molecule has 7 rings (SSSR count). The van der Waals surface area contributed by atoms with Gasteiger partial charge in [-0.1, -0.05) is 108 Å². The van der Waals surface area contributed by atoms with Crippen molar-refractivity contribution >= 4 is 33.7 Å². The molecule has 0 atom stereocenters. The van der Waals surface area contributed by atoms with E-state index in [2.05, 4.69) is 117 Å². The average molecular weight is 738 g/mol. The summed E-state index contributed by atoms with van der Waals surface area (Å²) >= 11 is 0. The fraction of sp³-hybridized carbons (Fsp3) is 0.556. The summed E-state index contributed by atoms with van der Waals surface area (Å²) in [5.74, 6) is 0. The molecule has 0 aliphatic heterocycles. The van der Waals surface area contributed by atoms with Gasteiger partial charge < -0.3 is 17.3 Å². The van der Waals surface area contributed by atoms with Crippen molar-refractivity contribution in [1.29, 1.82) is 0 Å². The SMILES string of the molecule is CC(C)P(c1cc2ccc1CCc1ccc(c(P(C(C)C)C(C)C)c1)CC2)C(C)C.F[B-](F)(F)F.[CH]1[CH]CC[CH][CH]CC1.[Rh]. The molecule has 0 nitrogen and oxygen atoms in total. The van der Waals surface area contributed by atoms with Crippen LogP contribution in [0, 0.1) is 25.7 Å². The molecular weight excluding hydrogens is 684 g/mol. The molecule has 0 aromatic heterocycles. The molecule has 0 N–H and O–H groups in total. The molecule has 44 heavy (non-hydrogen) atoms. The monoisotopic (exact) mass is 738 g/mol. The van der Waals surface area contributed by atoms with Gasteiger partial charge in [-0.2, -0.15) is 0 Å². The van der Waals surface area contributed by atoms with E-state index < -0.39 is 7.25 Å². The van der Waals surface area contributed by atoms with Gasteiger partial charge in [0.1, 0.15) is 0 Å². The van der Waals surface area contributed by atoms with E-state index in [9.17, 15) is 17.3 Å². The minimum absolute atomic E-state index is 0. The normalized spacial score (nSPS) is 15.7. The van der Waals surface area contributed by atoms with Gasteiger partial charge in [0, 0.05) is 19.5 Å². The second-order valence-corrected chi connectivity index (χ2v) is 19.4. The first-order chi connectivity index (χ1) is 20.2. The van der Waals surface area contributed by atoms with Crippen molar-refractivity contribution in [3.8, 4) is 0 Å². The Kier molecular flexibility index (Phi) is 19.8. The minimum Gasteiger partial charge on any atom is -0.418 e. The standard InChI is InChI=1S/C28H42P2.C8H12.BF4.Rh/c1-19(2)29(20(3)4)27-17-23-9-13-25(27)15-11-24-10-14-26(16-12-23)28(18-24)30(21(5)6)22(7)8;1-2-4-6-8-7-5-3-1;2-1(3,4)5;/h9-10,13-14,17-22H,11-12,15-16H2,1-8H3;1-2,7-8H,3-6H2;;/q;;-1;. The van der Waals surface area contributed by atoms with Crippen LogP contribution in [0.2, 0.25) is 0 Å². The van der Waals surface area contributed by atoms with Crippen molar-refractivity contribution in [1.82, 2.24) is 0 Å². The summed E-state index contributed by atoms with van der Waals surface area (Å²) in [5.41, 5.74) is 9.26. The Bertz CT molecular complexity index is 971. The van der Waals surface area contributed by atoms with Crippen molar-refractivity contribution in [2.75, 3.05) is 0 Å². The van der Waals surface area contributed by atoms with Gasteiger partial charge in [0.25, 0.3) is 0 Å². The van der Waals surface area contributed by atoms with Crippen molar-refractivity contribution < 1.29 is 36.7 Å². The van der Waals surface area contributed by atoms with E-state index in [1.165, 1.54) is 62.5 Å². The first-order valence-electron chi connectivity index (χ1n) is 16.2. The number of hydrogen-bond acceptors (Lipinski definition) is 0. The summed E-state index contributed by atoms with van der Waals surface area (Å²) in [6.07, 6.45) is 18.7. The number of rotatable bonds is 6. The number of halogens is 4. The minimum atomic E-state index is -6.00. The molecule has 8 heteroatoms. The first-order valence-corrected chi connectivity index (χ1v) is 19.1. The van der Waals surface area contributed by atoms with Gasteiger partial charge in [0.05, 0.1) is 0 Å². The third kappa shape index (κ3) is 15.1. The summed E-state index contributed by atoms with van der Waals surface area (Å²) in [6, 6.07) is 15.0. The van der Waals surface area contributed by atoms with Crippen LogP contribution in [0.1, 0.15) is 103 Å². The van der Waals surface area contributed by atoms with Gasteiger partial charge in [-0.25, -0.2) is 0 Å². The molecule has 0 amide bonds. The van der Waals surface area contributed by atoms with Gasteiger partial charge >= 0.3 is 7.25 Å². The molecule has 0 unspecified atom stereocenters. The molecular formula is C36H54BF4P2Rh-. The number of aryl methyl sites for hydroxylation is 4. The van der Waals surface area contributed by atoms with Crippen LogP contribution in [-0.4, -0.2) is 29.9 Å². The maximum Gasteiger partial charge on any atom is 0.673 e. The van der Waals surface area contributed by atoms with Crippen molar-refractivity contribution in [2.45, 2.75) is 129 Å². The van der Waals surface area contributed by atoms with Crippen LogP contribution < -0.4 is 10.6 Å². The third-order valence-corrected chi connectivity index (χ3v) is 14.2. The molecule has 0 saturated heterocycles. The zero-order valence-electron chi connectivity index (χ0n) is 28.1. The van der Waals surface area contributed by atoms with Crippen LogP contribution >= 0.6 is 15.8 Å². The molecule has 5 aliphatic rings. The van der Waals surface area contributed by atoms with E-state index in [0.29, 0.717) is 0 Å². The first kappa shape index (κ1) is 41.7. The molecule has 5 aliphatic carbocycles. The molecule has 0 spiro atoms. The summed E-state index contributed by atoms with van der Waals surface area (Å²) < 4.78 is 39.0. The Balaban J connectivity index is 0.000000574. The largest absolute Gasteiger partial charge is 0.673 e. The maximum atomic E-state index is 9.75. The zero-order chi connectivity index (χ0) is 32.2. The fourth-order valence-electron chi connectivity index (χ4n) is 6.15. The second kappa shape index (κ2) is 20.8. The van der Waals surface area contributed by atoms with Crippen molar-refractivity contribution in [2.24, 2.45) is 0 Å². The Morgan fingerprint density at radius 3 is 1.02 bits per heavy atom. The average Bonchev–Trinajstić information content (AvgIpc) is 2.84. The van der Waals surface area contributed by atoms with Crippen LogP contribution in [0.4, 0.5) is 17.3 Å². The van der Waals surface area contributed by atoms with Crippen LogP contribution in [-0.2, 0) is 45.2 Å². The molecule has 249 valence electrons. The van der Waals surface area contributed by atoms with E-state index in [4.69, 9.17) is 0 Å². The fourth-order valence-corrected chi connectivity index (χ4v) is 12.4. The van der Waals surface area contributed by atoms with Crippen LogP contribution in [0.3, 0.4) is 0 Å². The van der Waals surface area contributed by atoms with Gasteiger partial charge in [-0.3, -0.25) is 0 Å². The van der Waals surface area contributed by atoms with Crippen molar-refractivity contribution in [3.63, 3.8) is 0 Å². The Morgan fingerprint density at radius 1 is 0.500 bits per heavy atom. The predicted octanol–water partition coefficient (Wildman–Crippen LogP) is 11.1. The van der Waals surface area contributed by atoms with E-state index >= 15 is 0 Å². The maximum absolute atomic E-state index is 9.75. The summed E-state index contributed by atoms with van der Waals surface area (Å²) in [7, 11) is -6.23. The summed E-state index contributed by atoms with van der Waals surface area (Å²) in [6.45, 7) is 19.4. The molecule has 1 fully saturated rings. The van der Waals surface area contributed by atoms with E-state index in [1.54, 1.807) is 21.7 Å². The van der Waals surface area contributed by atoms with Gasteiger partial charge in [0.15, 0.2) is 0 Å². The molecule has 2 aromatic carbocycles. The van der Waals surface area contributed by atoms with E-state index in [0.717, 1.165) is 22.6 Å². The summed E-state index contributed by atoms with van der Waals surface area (Å²) in [5, 5.41) is 3.38. The molecule has 1 saturated carbocycles. The molecule has 5 radical (unpaired) electrons. The van der Waals surface area contributed by atoms with Crippen LogP contribution in [0.5, 0.6) is 0 Å². The predicted molar refractivity (Wildman–Crippen MR) is 187 cm³/mol. The van der Waals surface area contributed by atoms with Gasteiger partial charge in [-0.15, -0.1) is 0 Å². The second-order valence-electron chi connectivity index (χ2n) is 12.7. The topological polar surface area (TPSA) is 0 Å². The number of hydrogen-bond donors (Lipinski definition) is 0. The molecule has 0 heterocycles. The van der Waals surface area contributed by atoms with E-state index in [1.807, 2.05) is 0 Å². The number of benzene rings is 2. The third-order valence-electron chi connectivity index (χ3n) is 7.78. The Hall–Kier alpha value is -0.292. The molecule has 4 bridgehead atoms. The van der Waals surface area contributed by atoms with Crippen molar-refractivity contribution in [3.05, 3.63) is 84.3 Å². The molecule has 2 aromatic rings. The van der Waals surface area contributed by atoms with Gasteiger partial charge in [-0.05, 0) is 133 Å². The van der Waals surface area contributed by atoms with Crippen LogP contribution in [0.25, 0.3) is 0 Å². The van der Waals surface area contributed by atoms with Gasteiger partial charge in [0.2, 0.25) is 0 Å².